The van der Waals surface area contributed by atoms with Crippen LogP contribution in [-0.2, 0) is 4.79 Å². The van der Waals surface area contributed by atoms with Crippen molar-refractivity contribution in [3.63, 3.8) is 0 Å². The van der Waals surface area contributed by atoms with Gasteiger partial charge in [-0.05, 0) is 18.6 Å². The van der Waals surface area contributed by atoms with Crippen LogP contribution in [-0.4, -0.2) is 10.7 Å². The molecular formula is C16H14N2O3. The van der Waals surface area contributed by atoms with E-state index in [-0.39, 0.29) is 11.5 Å². The van der Waals surface area contributed by atoms with Crippen molar-refractivity contribution in [2.24, 2.45) is 0 Å². The normalized spacial score (nSPS) is 11.0. The lowest BCUT2D eigenvalue weighted by atomic mass is 10.0. The van der Waals surface area contributed by atoms with Gasteiger partial charge in [-0.1, -0.05) is 36.4 Å². The molecule has 21 heavy (non-hydrogen) atoms. The summed E-state index contributed by atoms with van der Waals surface area (Å²) in [5.41, 5.74) is 1.86. The number of nitrogens with zero attached hydrogens (tertiary/aromatic N) is 1. The van der Waals surface area contributed by atoms with Crippen LogP contribution in [0.5, 0.6) is 0 Å². The van der Waals surface area contributed by atoms with Crippen molar-refractivity contribution in [1.29, 1.82) is 0 Å². The smallest absolute Gasteiger partial charge is 0.271 e. The summed E-state index contributed by atoms with van der Waals surface area (Å²) in [6, 6.07) is 15.4. The van der Waals surface area contributed by atoms with Gasteiger partial charge in [-0.2, -0.15) is 0 Å². The SMILES string of the molecule is CC(=O)/C(=C/Nc1cccc([N+](=O)[O-])c1)c1ccccc1. The number of carbonyl (C=O) groups excluding carboxylic acids is 1. The minimum Gasteiger partial charge on any atom is -0.361 e. The number of hydrogen-bond donors (Lipinski definition) is 1. The first-order valence-corrected chi connectivity index (χ1v) is 6.35. The Bertz CT molecular complexity index is 694. The third-order valence-corrected chi connectivity index (χ3v) is 2.90. The Balaban J connectivity index is 2.27. The fourth-order valence-corrected chi connectivity index (χ4v) is 1.87. The summed E-state index contributed by atoms with van der Waals surface area (Å²) in [5, 5.41) is 13.7. The van der Waals surface area contributed by atoms with Crippen LogP contribution in [0, 0.1) is 10.1 Å². The Kier molecular flexibility index (Phi) is 4.46. The molecular weight excluding hydrogens is 268 g/mol. The number of rotatable bonds is 5. The first-order chi connectivity index (χ1) is 10.1. The van der Waals surface area contributed by atoms with Crippen LogP contribution in [0.25, 0.3) is 5.57 Å². The second-order valence-corrected chi connectivity index (χ2v) is 4.43. The first kappa shape index (κ1) is 14.5. The number of anilines is 1. The van der Waals surface area contributed by atoms with Gasteiger partial charge in [0.05, 0.1) is 4.92 Å². The maximum Gasteiger partial charge on any atom is 0.271 e. The average molecular weight is 282 g/mol. The molecule has 0 spiro atoms. The average Bonchev–Trinajstić information content (AvgIpc) is 2.48. The van der Waals surface area contributed by atoms with E-state index in [0.29, 0.717) is 11.3 Å². The minimum atomic E-state index is -0.460. The number of nitro groups is 1. The van der Waals surface area contributed by atoms with Crippen molar-refractivity contribution in [1.82, 2.24) is 0 Å². The lowest BCUT2D eigenvalue weighted by Crippen LogP contribution is -2.00. The Morgan fingerprint density at radius 3 is 2.48 bits per heavy atom. The van der Waals surface area contributed by atoms with Crippen molar-refractivity contribution in [3.05, 3.63) is 76.5 Å². The van der Waals surface area contributed by atoms with Crippen molar-refractivity contribution >= 4 is 22.7 Å². The summed E-state index contributed by atoms with van der Waals surface area (Å²) < 4.78 is 0. The van der Waals surface area contributed by atoms with Gasteiger partial charge in [0.1, 0.15) is 0 Å². The molecule has 0 saturated carbocycles. The number of Topliss-reactive ketones (excluding diaryl/α,β-unsaturated/α-hetero) is 1. The number of allylic oxidation sites excluding steroid dienone is 1. The second-order valence-electron chi connectivity index (χ2n) is 4.43. The standard InChI is InChI=1S/C16H14N2O3/c1-12(19)16(13-6-3-2-4-7-13)11-17-14-8-5-9-15(10-14)18(20)21/h2-11,17H,1H3/b16-11-. The fourth-order valence-electron chi connectivity index (χ4n) is 1.87. The molecule has 2 aromatic carbocycles. The van der Waals surface area contributed by atoms with E-state index in [1.165, 1.54) is 19.1 Å². The molecule has 106 valence electrons. The molecule has 0 aliphatic carbocycles. The molecule has 2 aromatic rings. The van der Waals surface area contributed by atoms with E-state index in [1.807, 2.05) is 30.3 Å². The molecule has 0 fully saturated rings. The molecule has 1 N–H and O–H groups in total. The van der Waals surface area contributed by atoms with E-state index >= 15 is 0 Å². The van der Waals surface area contributed by atoms with Crippen LogP contribution in [0.15, 0.2) is 60.8 Å². The van der Waals surface area contributed by atoms with E-state index in [2.05, 4.69) is 5.32 Å². The fraction of sp³-hybridized carbons (Fsp3) is 0.0625. The van der Waals surface area contributed by atoms with Crippen LogP contribution < -0.4 is 5.32 Å². The van der Waals surface area contributed by atoms with Crippen molar-refractivity contribution in [2.75, 3.05) is 5.32 Å². The highest BCUT2D eigenvalue weighted by atomic mass is 16.6. The molecule has 0 heterocycles. The molecule has 0 unspecified atom stereocenters. The van der Waals surface area contributed by atoms with Crippen molar-refractivity contribution < 1.29 is 9.72 Å². The molecule has 0 aromatic heterocycles. The van der Waals surface area contributed by atoms with E-state index in [1.54, 1.807) is 18.3 Å². The van der Waals surface area contributed by atoms with Crippen molar-refractivity contribution in [2.45, 2.75) is 6.92 Å². The topological polar surface area (TPSA) is 72.2 Å². The summed E-state index contributed by atoms with van der Waals surface area (Å²) in [7, 11) is 0. The molecule has 2 rings (SSSR count). The molecule has 5 heteroatoms. The van der Waals surface area contributed by atoms with Crippen LogP contribution in [0.4, 0.5) is 11.4 Å². The van der Waals surface area contributed by atoms with E-state index < -0.39 is 4.92 Å². The second kappa shape index (κ2) is 6.47. The third-order valence-electron chi connectivity index (χ3n) is 2.90. The van der Waals surface area contributed by atoms with Gasteiger partial charge in [0, 0.05) is 29.6 Å². The highest BCUT2D eigenvalue weighted by molar-refractivity contribution is 6.19. The van der Waals surface area contributed by atoms with Crippen LogP contribution in [0.1, 0.15) is 12.5 Å². The molecule has 0 amide bonds. The molecule has 5 nitrogen and oxygen atoms in total. The van der Waals surface area contributed by atoms with E-state index in [0.717, 1.165) is 5.56 Å². The van der Waals surface area contributed by atoms with E-state index in [9.17, 15) is 14.9 Å². The van der Waals surface area contributed by atoms with Gasteiger partial charge >= 0.3 is 0 Å². The summed E-state index contributed by atoms with van der Waals surface area (Å²) in [6.07, 6.45) is 1.57. The van der Waals surface area contributed by atoms with Gasteiger partial charge in [-0.15, -0.1) is 0 Å². The number of non-ortho nitro benzene ring substituents is 1. The largest absolute Gasteiger partial charge is 0.361 e. The van der Waals surface area contributed by atoms with Gasteiger partial charge in [-0.25, -0.2) is 0 Å². The number of nitrogens with one attached hydrogen (secondary N) is 1. The first-order valence-electron chi connectivity index (χ1n) is 6.35. The number of nitro benzene ring substituents is 1. The van der Waals surface area contributed by atoms with Crippen molar-refractivity contribution in [3.8, 4) is 0 Å². The quantitative estimate of drug-likeness (QED) is 0.516. The number of benzene rings is 2. The highest BCUT2D eigenvalue weighted by Gasteiger charge is 2.08. The zero-order chi connectivity index (χ0) is 15.2. The maximum atomic E-state index is 11.7. The summed E-state index contributed by atoms with van der Waals surface area (Å²) in [6.45, 7) is 1.48. The molecule has 0 saturated heterocycles. The lowest BCUT2D eigenvalue weighted by molar-refractivity contribution is -0.384. The van der Waals surface area contributed by atoms with Gasteiger partial charge in [-0.3, -0.25) is 14.9 Å². The molecule has 0 radical (unpaired) electrons. The predicted octanol–water partition coefficient (Wildman–Crippen LogP) is 3.64. The minimum absolute atomic E-state index is 0.00233. The maximum absolute atomic E-state index is 11.7. The number of carbonyl (C=O) groups is 1. The van der Waals surface area contributed by atoms with Gasteiger partial charge in [0.2, 0.25) is 0 Å². The van der Waals surface area contributed by atoms with Gasteiger partial charge in [0.15, 0.2) is 5.78 Å². The van der Waals surface area contributed by atoms with E-state index in [4.69, 9.17) is 0 Å². The Hall–Kier alpha value is -2.95. The monoisotopic (exact) mass is 282 g/mol. The number of ketones is 1. The summed E-state index contributed by atoms with van der Waals surface area (Å²) >= 11 is 0. The van der Waals surface area contributed by atoms with Gasteiger partial charge in [0.25, 0.3) is 5.69 Å². The zero-order valence-electron chi connectivity index (χ0n) is 11.4. The Morgan fingerprint density at radius 1 is 1.14 bits per heavy atom. The highest BCUT2D eigenvalue weighted by Crippen LogP contribution is 2.19. The number of hydrogen-bond acceptors (Lipinski definition) is 4. The summed E-state index contributed by atoms with van der Waals surface area (Å²) in [4.78, 5) is 22.0. The zero-order valence-corrected chi connectivity index (χ0v) is 11.4. The molecule has 0 atom stereocenters. The van der Waals surface area contributed by atoms with Gasteiger partial charge < -0.3 is 5.32 Å². The van der Waals surface area contributed by atoms with Crippen LogP contribution in [0.2, 0.25) is 0 Å². The lowest BCUT2D eigenvalue weighted by Gasteiger charge is -2.06. The Morgan fingerprint density at radius 2 is 1.86 bits per heavy atom. The van der Waals surface area contributed by atoms with Crippen LogP contribution >= 0.6 is 0 Å². The Labute approximate surface area is 122 Å². The summed E-state index contributed by atoms with van der Waals surface area (Å²) in [5.74, 6) is -0.0841. The molecule has 0 aliphatic rings. The third kappa shape index (κ3) is 3.76. The van der Waals surface area contributed by atoms with Crippen LogP contribution in [0.3, 0.4) is 0 Å². The predicted molar refractivity (Wildman–Crippen MR) is 81.8 cm³/mol. The molecule has 0 aliphatic heterocycles. The molecule has 0 bridgehead atoms.